The maximum atomic E-state index is 11.6. The van der Waals surface area contributed by atoms with Gasteiger partial charge in [0.05, 0.1) is 12.0 Å². The highest BCUT2D eigenvalue weighted by atomic mass is 16.5. The number of nitrogens with zero attached hydrogens (tertiary/aromatic N) is 2. The van der Waals surface area contributed by atoms with Gasteiger partial charge in [-0.25, -0.2) is 0 Å². The molecule has 174 valence electrons. The molecule has 5 nitrogen and oxygen atoms in total. The van der Waals surface area contributed by atoms with E-state index >= 15 is 0 Å². The van der Waals surface area contributed by atoms with Crippen molar-refractivity contribution < 1.29 is 14.6 Å². The summed E-state index contributed by atoms with van der Waals surface area (Å²) < 4.78 is 6.29. The molecule has 3 fully saturated rings. The average Bonchev–Trinajstić information content (AvgIpc) is 2.80. The topological polar surface area (TPSA) is 73.6 Å². The standard InChI is InChI=1S/C28H34N2O3/c1-18-5-9-24(10-6-18)33-27-12-8-20-13-19(7-11-25(20)26(27)16-29)17-30-22-3-2-4-23(30)15-21(14-22)28(31)32/h7-8,11-13,18,21-24H,2-6,9-10,14-15,17H2,1H3,(H,31,32)/t18-,21?,22?,23?,24+. The first-order valence-electron chi connectivity index (χ1n) is 12.6. The maximum absolute atomic E-state index is 11.6. The fourth-order valence-electron chi connectivity index (χ4n) is 6.35. The number of rotatable bonds is 5. The molecule has 0 radical (unpaired) electrons. The van der Waals surface area contributed by atoms with Crippen LogP contribution in [-0.4, -0.2) is 34.2 Å². The van der Waals surface area contributed by atoms with Crippen LogP contribution < -0.4 is 4.74 Å². The molecular formula is C28H34N2O3. The van der Waals surface area contributed by atoms with Crippen LogP contribution in [-0.2, 0) is 11.3 Å². The zero-order valence-corrected chi connectivity index (χ0v) is 19.5. The Kier molecular flexibility index (Phi) is 6.29. The Bertz CT molecular complexity index is 1050. The highest BCUT2D eigenvalue weighted by Crippen LogP contribution is 2.39. The van der Waals surface area contributed by atoms with E-state index < -0.39 is 5.97 Å². The normalized spacial score (nSPS) is 30.0. The van der Waals surface area contributed by atoms with Crippen molar-refractivity contribution >= 4 is 16.7 Å². The van der Waals surface area contributed by atoms with Crippen LogP contribution in [0.4, 0.5) is 0 Å². The summed E-state index contributed by atoms with van der Waals surface area (Å²) in [6, 6.07) is 13.6. The molecule has 2 saturated heterocycles. The molecule has 5 rings (SSSR count). The van der Waals surface area contributed by atoms with Crippen molar-refractivity contribution in [3.05, 3.63) is 41.5 Å². The maximum Gasteiger partial charge on any atom is 0.306 e. The lowest BCUT2D eigenvalue weighted by Crippen LogP contribution is -2.52. The fourth-order valence-corrected chi connectivity index (χ4v) is 6.35. The van der Waals surface area contributed by atoms with Crippen molar-refractivity contribution in [3.8, 4) is 11.8 Å². The van der Waals surface area contributed by atoms with Crippen LogP contribution in [0.3, 0.4) is 0 Å². The largest absolute Gasteiger partial charge is 0.489 e. The predicted molar refractivity (Wildman–Crippen MR) is 128 cm³/mol. The summed E-state index contributed by atoms with van der Waals surface area (Å²) in [5, 5.41) is 21.5. The van der Waals surface area contributed by atoms with Crippen LogP contribution in [0.15, 0.2) is 30.3 Å². The first kappa shape index (κ1) is 22.2. The SMILES string of the molecule is C[C@H]1CC[C@@H](Oc2ccc3cc(CN4C5CCCC4CC(C(=O)O)C5)ccc3c2C#N)CC1. The molecular weight excluding hydrogens is 412 g/mol. The molecule has 2 unspecified atom stereocenters. The summed E-state index contributed by atoms with van der Waals surface area (Å²) >= 11 is 0. The molecule has 0 spiro atoms. The highest BCUT2D eigenvalue weighted by molar-refractivity contribution is 5.90. The van der Waals surface area contributed by atoms with Gasteiger partial charge in [0, 0.05) is 24.0 Å². The lowest BCUT2D eigenvalue weighted by molar-refractivity contribution is -0.146. The Labute approximate surface area is 196 Å². The molecule has 5 heteroatoms. The van der Waals surface area contributed by atoms with Crippen LogP contribution in [0.1, 0.15) is 75.8 Å². The van der Waals surface area contributed by atoms with Gasteiger partial charge in [-0.3, -0.25) is 9.69 Å². The lowest BCUT2D eigenvalue weighted by Gasteiger charge is -2.48. The van der Waals surface area contributed by atoms with Gasteiger partial charge in [0.1, 0.15) is 17.4 Å². The quantitative estimate of drug-likeness (QED) is 0.620. The van der Waals surface area contributed by atoms with Crippen molar-refractivity contribution in [1.29, 1.82) is 5.26 Å². The van der Waals surface area contributed by atoms with E-state index in [4.69, 9.17) is 4.74 Å². The van der Waals surface area contributed by atoms with Gasteiger partial charge in [0.2, 0.25) is 0 Å². The van der Waals surface area contributed by atoms with Crippen molar-refractivity contribution in [2.24, 2.45) is 11.8 Å². The number of hydrogen-bond acceptors (Lipinski definition) is 4. The van der Waals surface area contributed by atoms with Gasteiger partial charge < -0.3 is 9.84 Å². The second kappa shape index (κ2) is 9.35. The van der Waals surface area contributed by atoms with E-state index in [1.807, 2.05) is 6.07 Å². The molecule has 2 heterocycles. The van der Waals surface area contributed by atoms with Crippen LogP contribution in [0, 0.1) is 23.2 Å². The number of aliphatic carboxylic acids is 1. The summed E-state index contributed by atoms with van der Waals surface area (Å²) in [5.41, 5.74) is 1.86. The molecule has 2 aromatic rings. The van der Waals surface area contributed by atoms with Gasteiger partial charge in [-0.1, -0.05) is 31.5 Å². The Balaban J connectivity index is 1.35. The van der Waals surface area contributed by atoms with E-state index in [1.165, 1.54) is 24.8 Å². The zero-order valence-electron chi connectivity index (χ0n) is 19.5. The van der Waals surface area contributed by atoms with Crippen molar-refractivity contribution in [2.75, 3.05) is 0 Å². The molecule has 3 aliphatic rings. The molecule has 1 aliphatic carbocycles. The van der Waals surface area contributed by atoms with Crippen molar-refractivity contribution in [1.82, 2.24) is 4.90 Å². The number of piperidine rings is 2. The fraction of sp³-hybridized carbons (Fsp3) is 0.571. The molecule has 0 amide bonds. The second-order valence-corrected chi connectivity index (χ2v) is 10.5. The monoisotopic (exact) mass is 446 g/mol. The third-order valence-electron chi connectivity index (χ3n) is 8.25. The summed E-state index contributed by atoms with van der Waals surface area (Å²) in [7, 11) is 0. The van der Waals surface area contributed by atoms with E-state index in [-0.39, 0.29) is 12.0 Å². The Hall–Kier alpha value is -2.58. The first-order chi connectivity index (χ1) is 16.0. The van der Waals surface area contributed by atoms with E-state index in [1.54, 1.807) is 0 Å². The summed E-state index contributed by atoms with van der Waals surface area (Å²) in [6.45, 7) is 3.14. The van der Waals surface area contributed by atoms with Gasteiger partial charge in [0.15, 0.2) is 0 Å². The van der Waals surface area contributed by atoms with E-state index in [0.717, 1.165) is 61.8 Å². The molecule has 33 heavy (non-hydrogen) atoms. The summed E-state index contributed by atoms with van der Waals surface area (Å²) in [5.74, 6) is 0.645. The Morgan fingerprint density at radius 3 is 2.48 bits per heavy atom. The highest BCUT2D eigenvalue weighted by Gasteiger charge is 2.40. The molecule has 1 saturated carbocycles. The van der Waals surface area contributed by atoms with Gasteiger partial charge in [0.25, 0.3) is 0 Å². The van der Waals surface area contributed by atoms with E-state index in [0.29, 0.717) is 23.4 Å². The Morgan fingerprint density at radius 2 is 1.82 bits per heavy atom. The minimum absolute atomic E-state index is 0.197. The van der Waals surface area contributed by atoms with Gasteiger partial charge in [-0.05, 0) is 80.4 Å². The van der Waals surface area contributed by atoms with Crippen molar-refractivity contribution in [3.63, 3.8) is 0 Å². The number of nitriles is 1. The van der Waals surface area contributed by atoms with Crippen LogP contribution >= 0.6 is 0 Å². The Morgan fingerprint density at radius 1 is 1.09 bits per heavy atom. The molecule has 1 N–H and O–H groups in total. The summed E-state index contributed by atoms with van der Waals surface area (Å²) in [4.78, 5) is 14.1. The third-order valence-corrected chi connectivity index (χ3v) is 8.25. The van der Waals surface area contributed by atoms with Gasteiger partial charge in [-0.2, -0.15) is 5.26 Å². The molecule has 2 aromatic carbocycles. The minimum Gasteiger partial charge on any atom is -0.489 e. The van der Waals surface area contributed by atoms with E-state index in [2.05, 4.69) is 42.2 Å². The third kappa shape index (κ3) is 4.59. The number of ether oxygens (including phenoxy) is 1. The molecule has 2 aliphatic heterocycles. The number of carboxylic acids is 1. The van der Waals surface area contributed by atoms with Crippen molar-refractivity contribution in [2.45, 2.75) is 89.4 Å². The average molecular weight is 447 g/mol. The minimum atomic E-state index is -0.637. The van der Waals surface area contributed by atoms with Crippen LogP contribution in [0.2, 0.25) is 0 Å². The molecule has 2 atom stereocenters. The number of carboxylic acid groups (broad SMARTS) is 1. The van der Waals surface area contributed by atoms with Crippen LogP contribution in [0.25, 0.3) is 10.8 Å². The van der Waals surface area contributed by atoms with Crippen LogP contribution in [0.5, 0.6) is 5.75 Å². The second-order valence-electron chi connectivity index (χ2n) is 10.5. The summed E-state index contributed by atoms with van der Waals surface area (Å²) in [6.07, 6.45) is 9.61. The molecule has 0 aromatic heterocycles. The predicted octanol–water partition coefficient (Wildman–Crippen LogP) is 5.89. The van der Waals surface area contributed by atoms with Gasteiger partial charge in [-0.15, -0.1) is 0 Å². The smallest absolute Gasteiger partial charge is 0.306 e. The number of hydrogen-bond donors (Lipinski definition) is 1. The van der Waals surface area contributed by atoms with E-state index in [9.17, 15) is 15.2 Å². The first-order valence-corrected chi connectivity index (χ1v) is 12.6. The zero-order chi connectivity index (χ0) is 22.9. The van der Waals surface area contributed by atoms with Gasteiger partial charge >= 0.3 is 5.97 Å². The number of benzene rings is 2. The molecule has 2 bridgehead atoms. The number of fused-ring (bicyclic) bond motifs is 3. The number of carbonyl (C=O) groups is 1. The lowest BCUT2D eigenvalue weighted by atomic mass is 9.78.